The van der Waals surface area contributed by atoms with Crippen LogP contribution in [0.4, 0.5) is 5.82 Å². The molecule has 0 spiro atoms. The number of anilines is 1. The Hall–Kier alpha value is -2.51. The monoisotopic (exact) mass is 286 g/mol. The average Bonchev–Trinajstić information content (AvgIpc) is 3.07. The predicted molar refractivity (Wildman–Crippen MR) is 78.0 cm³/mol. The standard InChI is InChI=1S/C13H18N8/c1-4-5-10-6-12(21-13(17-10)14-8-15-21)20(3)7-11-16-9(2)18-19-11/h6,8H,4-5,7H2,1-3H3,(H,16,18,19). The van der Waals surface area contributed by atoms with Crippen LogP contribution in [0.25, 0.3) is 5.78 Å². The van der Waals surface area contributed by atoms with E-state index in [-0.39, 0.29) is 0 Å². The number of H-pyrrole nitrogens is 1. The summed E-state index contributed by atoms with van der Waals surface area (Å²) in [6.07, 6.45) is 3.48. The molecule has 0 unspecified atom stereocenters. The molecular weight excluding hydrogens is 268 g/mol. The summed E-state index contributed by atoms with van der Waals surface area (Å²) in [5, 5.41) is 11.3. The lowest BCUT2D eigenvalue weighted by molar-refractivity contribution is 0.783. The number of hydrogen-bond donors (Lipinski definition) is 1. The van der Waals surface area contributed by atoms with Gasteiger partial charge in [0, 0.05) is 18.8 Å². The summed E-state index contributed by atoms with van der Waals surface area (Å²) in [7, 11) is 1.98. The Morgan fingerprint density at radius 1 is 1.33 bits per heavy atom. The lowest BCUT2D eigenvalue weighted by atomic mass is 10.2. The second-order valence-corrected chi connectivity index (χ2v) is 5.02. The van der Waals surface area contributed by atoms with Crippen LogP contribution >= 0.6 is 0 Å². The maximum Gasteiger partial charge on any atom is 0.254 e. The second-order valence-electron chi connectivity index (χ2n) is 5.02. The molecule has 0 bridgehead atoms. The maximum atomic E-state index is 4.50. The van der Waals surface area contributed by atoms with Crippen LogP contribution in [-0.2, 0) is 13.0 Å². The van der Waals surface area contributed by atoms with Gasteiger partial charge in [0.15, 0.2) is 5.82 Å². The van der Waals surface area contributed by atoms with E-state index in [0.717, 1.165) is 36.0 Å². The molecule has 0 aliphatic rings. The summed E-state index contributed by atoms with van der Waals surface area (Å²) in [6, 6.07) is 2.05. The molecular formula is C13H18N8. The van der Waals surface area contributed by atoms with Gasteiger partial charge in [-0.3, -0.25) is 5.10 Å². The van der Waals surface area contributed by atoms with Crippen LogP contribution in [-0.4, -0.2) is 41.8 Å². The molecule has 110 valence electrons. The zero-order valence-corrected chi connectivity index (χ0v) is 12.4. The third kappa shape index (κ3) is 2.69. The Labute approximate surface area is 122 Å². The van der Waals surface area contributed by atoms with Crippen molar-refractivity contribution in [3.05, 3.63) is 29.7 Å². The quantitative estimate of drug-likeness (QED) is 0.756. The largest absolute Gasteiger partial charge is 0.352 e. The van der Waals surface area contributed by atoms with Crippen molar-refractivity contribution in [2.75, 3.05) is 11.9 Å². The predicted octanol–water partition coefficient (Wildman–Crippen LogP) is 1.14. The van der Waals surface area contributed by atoms with Crippen LogP contribution in [0, 0.1) is 6.92 Å². The molecule has 0 aromatic carbocycles. The smallest absolute Gasteiger partial charge is 0.254 e. The van der Waals surface area contributed by atoms with Gasteiger partial charge in [0.1, 0.15) is 18.0 Å². The Morgan fingerprint density at radius 2 is 2.19 bits per heavy atom. The summed E-state index contributed by atoms with van der Waals surface area (Å²) < 4.78 is 1.73. The number of nitrogens with zero attached hydrogens (tertiary/aromatic N) is 7. The molecule has 0 fully saturated rings. The minimum Gasteiger partial charge on any atom is -0.352 e. The third-order valence-corrected chi connectivity index (χ3v) is 3.21. The van der Waals surface area contributed by atoms with Crippen molar-refractivity contribution >= 4 is 11.6 Å². The van der Waals surface area contributed by atoms with Crippen molar-refractivity contribution < 1.29 is 0 Å². The molecule has 0 aliphatic carbocycles. The first-order valence-electron chi connectivity index (χ1n) is 6.96. The maximum absolute atomic E-state index is 4.50. The van der Waals surface area contributed by atoms with Gasteiger partial charge < -0.3 is 4.90 Å². The van der Waals surface area contributed by atoms with Crippen molar-refractivity contribution in [3.8, 4) is 0 Å². The highest BCUT2D eigenvalue weighted by atomic mass is 15.4. The Balaban J connectivity index is 1.95. The van der Waals surface area contributed by atoms with Crippen LogP contribution in [0.15, 0.2) is 12.4 Å². The van der Waals surface area contributed by atoms with E-state index in [1.807, 2.05) is 24.9 Å². The highest BCUT2D eigenvalue weighted by Crippen LogP contribution is 2.17. The summed E-state index contributed by atoms with van der Waals surface area (Å²) >= 11 is 0. The lowest BCUT2D eigenvalue weighted by Crippen LogP contribution is -2.21. The van der Waals surface area contributed by atoms with Gasteiger partial charge in [-0.15, -0.1) is 0 Å². The fourth-order valence-electron chi connectivity index (χ4n) is 2.25. The summed E-state index contributed by atoms with van der Waals surface area (Å²) in [6.45, 7) is 4.61. The third-order valence-electron chi connectivity index (χ3n) is 3.21. The topological polar surface area (TPSA) is 87.9 Å². The summed E-state index contributed by atoms with van der Waals surface area (Å²) in [4.78, 5) is 15.1. The first-order chi connectivity index (χ1) is 10.2. The van der Waals surface area contributed by atoms with Gasteiger partial charge in [0.2, 0.25) is 0 Å². The number of aryl methyl sites for hydroxylation is 2. The summed E-state index contributed by atoms with van der Waals surface area (Å²) in [5.41, 5.74) is 1.02. The van der Waals surface area contributed by atoms with E-state index < -0.39 is 0 Å². The number of nitrogens with one attached hydrogen (secondary N) is 1. The molecule has 0 saturated carbocycles. The molecule has 3 aromatic rings. The molecule has 1 N–H and O–H groups in total. The van der Waals surface area contributed by atoms with Crippen LogP contribution < -0.4 is 4.90 Å². The molecule has 0 amide bonds. The molecule has 3 aromatic heterocycles. The molecule has 0 aliphatic heterocycles. The molecule has 3 heterocycles. The van der Waals surface area contributed by atoms with Gasteiger partial charge in [-0.1, -0.05) is 13.3 Å². The van der Waals surface area contributed by atoms with E-state index in [0.29, 0.717) is 12.3 Å². The van der Waals surface area contributed by atoms with E-state index >= 15 is 0 Å². The van der Waals surface area contributed by atoms with Crippen molar-refractivity contribution in [2.24, 2.45) is 0 Å². The SMILES string of the molecule is CCCc1cc(N(C)Cc2n[nH]c(C)n2)n2ncnc2n1. The van der Waals surface area contributed by atoms with Crippen molar-refractivity contribution in [2.45, 2.75) is 33.2 Å². The van der Waals surface area contributed by atoms with Gasteiger partial charge in [-0.05, 0) is 13.3 Å². The van der Waals surface area contributed by atoms with Gasteiger partial charge in [0.25, 0.3) is 5.78 Å². The minimum absolute atomic E-state index is 0.592. The molecule has 21 heavy (non-hydrogen) atoms. The van der Waals surface area contributed by atoms with Crippen LogP contribution in [0.2, 0.25) is 0 Å². The van der Waals surface area contributed by atoms with E-state index in [1.54, 1.807) is 4.52 Å². The average molecular weight is 286 g/mol. The number of fused-ring (bicyclic) bond motifs is 1. The van der Waals surface area contributed by atoms with Crippen LogP contribution in [0.5, 0.6) is 0 Å². The van der Waals surface area contributed by atoms with E-state index in [9.17, 15) is 0 Å². The number of aromatic nitrogens is 7. The molecule has 0 radical (unpaired) electrons. The molecule has 0 saturated heterocycles. The van der Waals surface area contributed by atoms with Crippen molar-refractivity contribution in [1.29, 1.82) is 0 Å². The Bertz CT molecular complexity index is 744. The van der Waals surface area contributed by atoms with Gasteiger partial charge in [-0.25, -0.2) is 9.97 Å². The summed E-state index contributed by atoms with van der Waals surface area (Å²) in [5.74, 6) is 3.11. The fourth-order valence-corrected chi connectivity index (χ4v) is 2.25. The lowest BCUT2D eigenvalue weighted by Gasteiger charge is -2.18. The Morgan fingerprint density at radius 3 is 2.90 bits per heavy atom. The van der Waals surface area contributed by atoms with Crippen molar-refractivity contribution in [1.82, 2.24) is 34.8 Å². The number of hydrogen-bond acceptors (Lipinski definition) is 6. The van der Waals surface area contributed by atoms with Gasteiger partial charge >= 0.3 is 0 Å². The van der Waals surface area contributed by atoms with Crippen LogP contribution in [0.1, 0.15) is 30.7 Å². The number of rotatable bonds is 5. The molecule has 0 atom stereocenters. The van der Waals surface area contributed by atoms with E-state index in [4.69, 9.17) is 0 Å². The van der Waals surface area contributed by atoms with E-state index in [2.05, 4.69) is 37.2 Å². The minimum atomic E-state index is 0.592. The van der Waals surface area contributed by atoms with E-state index in [1.165, 1.54) is 6.33 Å². The first-order valence-corrected chi connectivity index (χ1v) is 6.96. The number of aromatic amines is 1. The highest BCUT2D eigenvalue weighted by Gasteiger charge is 2.13. The molecule has 8 heteroatoms. The highest BCUT2D eigenvalue weighted by molar-refractivity contribution is 5.46. The zero-order valence-electron chi connectivity index (χ0n) is 12.4. The van der Waals surface area contributed by atoms with Crippen LogP contribution in [0.3, 0.4) is 0 Å². The van der Waals surface area contributed by atoms with Crippen molar-refractivity contribution in [3.63, 3.8) is 0 Å². The normalized spacial score (nSPS) is 11.2. The van der Waals surface area contributed by atoms with Gasteiger partial charge in [-0.2, -0.15) is 19.7 Å². The fraction of sp³-hybridized carbons (Fsp3) is 0.462. The zero-order chi connectivity index (χ0) is 14.8. The first kappa shape index (κ1) is 13.5. The second kappa shape index (κ2) is 5.47. The molecule has 8 nitrogen and oxygen atoms in total. The molecule has 3 rings (SSSR count). The Kier molecular flexibility index (Phi) is 3.51. The van der Waals surface area contributed by atoms with Gasteiger partial charge in [0.05, 0.1) is 6.54 Å².